The Morgan fingerprint density at radius 3 is 2.62 bits per heavy atom. The summed E-state index contributed by atoms with van der Waals surface area (Å²) in [5.41, 5.74) is 3.88. The minimum absolute atomic E-state index is 0.147. The van der Waals surface area contributed by atoms with Gasteiger partial charge in [0.2, 0.25) is 0 Å². The molecule has 3 amide bonds. The first-order valence-corrected chi connectivity index (χ1v) is 9.73. The number of benzene rings is 1. The minimum Gasteiger partial charge on any atom is -0.259 e. The molecule has 26 heavy (non-hydrogen) atoms. The standard InChI is InChI=1S/C21H26N3O2/c1-4-23-20(25)17-12-22-18-15(13(2)3)10-7-11-16(18)19(17)24(21(23)26)14-8-5-6-9-14/h7,10-14,17H,4-6,8-9H2,1-3H3/q+1. The van der Waals surface area contributed by atoms with Crippen molar-refractivity contribution in [3.05, 3.63) is 29.3 Å². The monoisotopic (exact) mass is 352 g/mol. The zero-order chi connectivity index (χ0) is 18.4. The molecule has 1 aliphatic carbocycles. The van der Waals surface area contributed by atoms with Gasteiger partial charge in [-0.25, -0.2) is 4.79 Å². The number of carbonyl (C=O) groups excluding carboxylic acids is 2. The SMILES string of the molecule is CCN1C(=O)C2C=Nc3c(cccc3C(C)C)C2=[N+](C2CCCC2)C1=O. The lowest BCUT2D eigenvalue weighted by molar-refractivity contribution is -0.480. The average Bonchev–Trinajstić information content (AvgIpc) is 3.15. The van der Waals surface area contributed by atoms with Gasteiger partial charge < -0.3 is 0 Å². The predicted octanol–water partition coefficient (Wildman–Crippen LogP) is 3.87. The number of aliphatic imine (C=N–C) groups is 1. The topological polar surface area (TPSA) is 52.8 Å². The summed E-state index contributed by atoms with van der Waals surface area (Å²) in [5, 5.41) is 0. The molecule has 1 aromatic rings. The smallest absolute Gasteiger partial charge is 0.259 e. The van der Waals surface area contributed by atoms with E-state index in [1.807, 2.05) is 23.6 Å². The molecule has 0 bridgehead atoms. The third-order valence-electron chi connectivity index (χ3n) is 5.85. The Kier molecular flexibility index (Phi) is 4.25. The summed E-state index contributed by atoms with van der Waals surface area (Å²) in [4.78, 5) is 32.2. The molecule has 5 nitrogen and oxygen atoms in total. The van der Waals surface area contributed by atoms with Crippen LogP contribution in [0.3, 0.4) is 0 Å². The molecule has 4 rings (SSSR count). The number of rotatable bonds is 3. The van der Waals surface area contributed by atoms with Gasteiger partial charge in [-0.05, 0) is 50.2 Å². The summed E-state index contributed by atoms with van der Waals surface area (Å²) in [6.07, 6.45) is 6.04. The molecular formula is C21H26N3O2+. The van der Waals surface area contributed by atoms with Crippen molar-refractivity contribution in [1.82, 2.24) is 4.90 Å². The summed E-state index contributed by atoms with van der Waals surface area (Å²) in [6, 6.07) is 6.15. The van der Waals surface area contributed by atoms with Crippen LogP contribution in [0.25, 0.3) is 0 Å². The number of amides is 3. The Morgan fingerprint density at radius 1 is 1.23 bits per heavy atom. The van der Waals surface area contributed by atoms with Gasteiger partial charge in [-0.15, -0.1) is 0 Å². The number of fused-ring (bicyclic) bond motifs is 3. The number of hydrogen-bond donors (Lipinski definition) is 0. The van der Waals surface area contributed by atoms with Gasteiger partial charge in [-0.2, -0.15) is 14.3 Å². The fourth-order valence-corrected chi connectivity index (χ4v) is 4.53. The van der Waals surface area contributed by atoms with Crippen molar-refractivity contribution in [3.63, 3.8) is 0 Å². The van der Waals surface area contributed by atoms with Gasteiger partial charge in [0.1, 0.15) is 11.8 Å². The minimum atomic E-state index is -0.455. The summed E-state index contributed by atoms with van der Waals surface area (Å²) in [7, 11) is 0. The van der Waals surface area contributed by atoms with E-state index in [-0.39, 0.29) is 18.0 Å². The molecule has 0 radical (unpaired) electrons. The van der Waals surface area contributed by atoms with Crippen LogP contribution in [-0.4, -0.2) is 45.9 Å². The lowest BCUT2D eigenvalue weighted by atomic mass is 9.86. The van der Waals surface area contributed by atoms with E-state index in [1.165, 1.54) is 4.90 Å². The van der Waals surface area contributed by atoms with Crippen molar-refractivity contribution in [1.29, 1.82) is 0 Å². The van der Waals surface area contributed by atoms with E-state index in [9.17, 15) is 9.59 Å². The zero-order valence-corrected chi connectivity index (χ0v) is 15.7. The molecule has 1 aromatic carbocycles. The Balaban J connectivity index is 1.98. The van der Waals surface area contributed by atoms with E-state index in [0.717, 1.165) is 48.2 Å². The molecule has 1 unspecified atom stereocenters. The molecule has 136 valence electrons. The van der Waals surface area contributed by atoms with Crippen LogP contribution in [0, 0.1) is 5.92 Å². The van der Waals surface area contributed by atoms with Crippen LogP contribution in [-0.2, 0) is 4.79 Å². The highest BCUT2D eigenvalue weighted by Crippen LogP contribution is 2.37. The summed E-state index contributed by atoms with van der Waals surface area (Å²) >= 11 is 0. The van der Waals surface area contributed by atoms with Crippen molar-refractivity contribution in [2.45, 2.75) is 58.4 Å². The first-order chi connectivity index (χ1) is 12.5. The highest BCUT2D eigenvalue weighted by molar-refractivity contribution is 6.27. The Labute approximate surface area is 154 Å². The first kappa shape index (κ1) is 17.1. The van der Waals surface area contributed by atoms with Gasteiger partial charge in [0.25, 0.3) is 0 Å². The second kappa shape index (κ2) is 6.45. The lowest BCUT2D eigenvalue weighted by Gasteiger charge is -2.31. The normalized spacial score (nSPS) is 23.1. The van der Waals surface area contributed by atoms with Crippen LogP contribution in [0.5, 0.6) is 0 Å². The van der Waals surface area contributed by atoms with Crippen molar-refractivity contribution in [2.75, 3.05) is 6.54 Å². The second-order valence-electron chi connectivity index (χ2n) is 7.71. The number of urea groups is 1. The second-order valence-corrected chi connectivity index (χ2v) is 7.71. The number of para-hydroxylation sites is 1. The molecule has 1 atom stereocenters. The largest absolute Gasteiger partial charge is 0.501 e. The Hall–Kier alpha value is -2.30. The fraction of sp³-hybridized carbons (Fsp3) is 0.524. The Bertz CT molecular complexity index is 832. The third kappa shape index (κ3) is 2.44. The van der Waals surface area contributed by atoms with E-state index in [1.54, 1.807) is 6.21 Å². The van der Waals surface area contributed by atoms with Crippen LogP contribution < -0.4 is 0 Å². The molecule has 0 N–H and O–H groups in total. The molecule has 0 saturated heterocycles. The predicted molar refractivity (Wildman–Crippen MR) is 102 cm³/mol. The van der Waals surface area contributed by atoms with Crippen molar-refractivity contribution < 1.29 is 14.2 Å². The van der Waals surface area contributed by atoms with Crippen LogP contribution >= 0.6 is 0 Å². The van der Waals surface area contributed by atoms with Gasteiger partial charge >= 0.3 is 11.9 Å². The fourth-order valence-electron chi connectivity index (χ4n) is 4.53. The lowest BCUT2D eigenvalue weighted by Crippen LogP contribution is -2.57. The van der Waals surface area contributed by atoms with E-state index >= 15 is 0 Å². The quantitative estimate of drug-likeness (QED) is 0.776. The molecule has 1 fully saturated rings. The van der Waals surface area contributed by atoms with E-state index in [2.05, 4.69) is 24.9 Å². The average molecular weight is 352 g/mol. The summed E-state index contributed by atoms with van der Waals surface area (Å²) < 4.78 is 1.93. The highest BCUT2D eigenvalue weighted by Gasteiger charge is 2.51. The van der Waals surface area contributed by atoms with E-state index in [0.29, 0.717) is 12.5 Å². The number of carbonyl (C=O) groups is 2. The molecule has 1 saturated carbocycles. The van der Waals surface area contributed by atoms with E-state index < -0.39 is 5.92 Å². The highest BCUT2D eigenvalue weighted by atomic mass is 16.2. The van der Waals surface area contributed by atoms with E-state index in [4.69, 9.17) is 0 Å². The number of nitrogens with zero attached hydrogens (tertiary/aromatic N) is 3. The summed E-state index contributed by atoms with van der Waals surface area (Å²) in [6.45, 7) is 6.55. The van der Waals surface area contributed by atoms with Gasteiger partial charge in [0.15, 0.2) is 5.92 Å². The molecule has 0 aromatic heterocycles. The molecule has 3 aliphatic rings. The van der Waals surface area contributed by atoms with Gasteiger partial charge in [-0.1, -0.05) is 26.0 Å². The van der Waals surface area contributed by atoms with Gasteiger partial charge in [0.05, 0.1) is 12.2 Å². The van der Waals surface area contributed by atoms with Gasteiger partial charge in [0, 0.05) is 11.8 Å². The maximum Gasteiger partial charge on any atom is 0.501 e. The maximum absolute atomic E-state index is 13.2. The molecule has 2 aliphatic heterocycles. The molecular weight excluding hydrogens is 326 g/mol. The third-order valence-corrected chi connectivity index (χ3v) is 5.85. The zero-order valence-electron chi connectivity index (χ0n) is 15.7. The van der Waals surface area contributed by atoms with Crippen LogP contribution in [0.4, 0.5) is 10.5 Å². The maximum atomic E-state index is 13.2. The molecule has 5 heteroatoms. The number of imide groups is 1. The molecule has 0 spiro atoms. The number of hydrogen-bond acceptors (Lipinski definition) is 3. The van der Waals surface area contributed by atoms with Crippen LogP contribution in [0.15, 0.2) is 23.2 Å². The van der Waals surface area contributed by atoms with Crippen molar-refractivity contribution >= 4 is 29.6 Å². The summed E-state index contributed by atoms with van der Waals surface area (Å²) in [5.74, 6) is -0.268. The first-order valence-electron chi connectivity index (χ1n) is 9.73. The Morgan fingerprint density at radius 2 is 1.96 bits per heavy atom. The van der Waals surface area contributed by atoms with Crippen molar-refractivity contribution in [3.8, 4) is 0 Å². The van der Waals surface area contributed by atoms with Gasteiger partial charge in [-0.3, -0.25) is 4.99 Å². The van der Waals surface area contributed by atoms with Crippen LogP contribution in [0.1, 0.15) is 63.5 Å². The van der Waals surface area contributed by atoms with Crippen LogP contribution in [0.2, 0.25) is 0 Å². The van der Waals surface area contributed by atoms with Crippen molar-refractivity contribution in [2.24, 2.45) is 10.9 Å². The molecule has 2 heterocycles.